The highest BCUT2D eigenvalue weighted by atomic mass is 32.2. The number of amides is 2. The smallest absolute Gasteiger partial charge is 0.411 e. The van der Waals surface area contributed by atoms with Crippen LogP contribution in [0.4, 0.5) is 4.79 Å². The van der Waals surface area contributed by atoms with Gasteiger partial charge in [0.25, 0.3) is 0 Å². The standard InChI is InChI=1S/C13H20N2O4S/c1-13(2,3)19-12(18)15-7-9(16)6-10(15)11(17)14-4-5-20-8-14/h10H,4-8H2,1-3H3. The number of hydrogen-bond donors (Lipinski definition) is 0. The number of ether oxygens (including phenoxy) is 1. The van der Waals surface area contributed by atoms with Gasteiger partial charge in [-0.25, -0.2) is 4.79 Å². The minimum absolute atomic E-state index is 0.0354. The number of nitrogens with zero attached hydrogens (tertiary/aromatic N) is 2. The molecule has 0 N–H and O–H groups in total. The number of rotatable bonds is 1. The zero-order chi connectivity index (χ0) is 14.9. The van der Waals surface area contributed by atoms with Gasteiger partial charge in [-0.15, -0.1) is 11.8 Å². The fourth-order valence-electron chi connectivity index (χ4n) is 2.22. The molecule has 0 bridgehead atoms. The van der Waals surface area contributed by atoms with E-state index in [1.807, 2.05) is 0 Å². The second-order valence-electron chi connectivity index (χ2n) is 6.01. The highest BCUT2D eigenvalue weighted by Crippen LogP contribution is 2.23. The van der Waals surface area contributed by atoms with Gasteiger partial charge in [-0.1, -0.05) is 0 Å². The van der Waals surface area contributed by atoms with Crippen molar-refractivity contribution in [3.05, 3.63) is 0 Å². The Kier molecular flexibility index (Phi) is 4.27. The molecule has 1 unspecified atom stereocenters. The minimum Gasteiger partial charge on any atom is -0.444 e. The van der Waals surface area contributed by atoms with Crippen molar-refractivity contribution in [2.24, 2.45) is 0 Å². The number of carbonyl (C=O) groups is 3. The molecule has 2 amide bonds. The lowest BCUT2D eigenvalue weighted by atomic mass is 10.2. The molecule has 2 aliphatic heterocycles. The van der Waals surface area contributed by atoms with Crippen LogP contribution in [0.5, 0.6) is 0 Å². The van der Waals surface area contributed by atoms with Crippen molar-refractivity contribution in [2.75, 3.05) is 24.7 Å². The molecule has 2 rings (SSSR count). The number of hydrogen-bond acceptors (Lipinski definition) is 5. The largest absolute Gasteiger partial charge is 0.444 e. The SMILES string of the molecule is CC(C)(C)OC(=O)N1CC(=O)CC1C(=O)N1CCSC1. The predicted octanol–water partition coefficient (Wildman–Crippen LogP) is 1.10. The van der Waals surface area contributed by atoms with Gasteiger partial charge in [-0.2, -0.15) is 0 Å². The number of carbonyl (C=O) groups excluding carboxylic acids is 3. The van der Waals surface area contributed by atoms with E-state index >= 15 is 0 Å². The summed E-state index contributed by atoms with van der Waals surface area (Å²) in [6, 6.07) is -0.698. The maximum atomic E-state index is 12.4. The number of thioether (sulfide) groups is 1. The van der Waals surface area contributed by atoms with Crippen molar-refractivity contribution in [3.8, 4) is 0 Å². The molecule has 7 heteroatoms. The van der Waals surface area contributed by atoms with Crippen LogP contribution in [0.1, 0.15) is 27.2 Å². The van der Waals surface area contributed by atoms with Crippen molar-refractivity contribution in [3.63, 3.8) is 0 Å². The summed E-state index contributed by atoms with van der Waals surface area (Å²) in [7, 11) is 0. The number of Topliss-reactive ketones (excluding diaryl/α,β-unsaturated/α-hetero) is 1. The molecule has 0 radical (unpaired) electrons. The molecule has 0 aliphatic carbocycles. The molecule has 1 atom stereocenters. The third kappa shape index (κ3) is 3.45. The maximum absolute atomic E-state index is 12.4. The molecule has 0 aromatic rings. The van der Waals surface area contributed by atoms with Gasteiger partial charge in [-0.05, 0) is 20.8 Å². The monoisotopic (exact) mass is 300 g/mol. The summed E-state index contributed by atoms with van der Waals surface area (Å²) in [5.74, 6) is 1.29. The normalized spacial score (nSPS) is 23.4. The predicted molar refractivity (Wildman–Crippen MR) is 75.4 cm³/mol. The Labute approximate surface area is 122 Å². The molecule has 2 fully saturated rings. The van der Waals surface area contributed by atoms with E-state index in [0.29, 0.717) is 12.4 Å². The molecule has 20 heavy (non-hydrogen) atoms. The summed E-state index contributed by atoms with van der Waals surface area (Å²) in [6.45, 7) is 5.92. The van der Waals surface area contributed by atoms with Gasteiger partial charge in [0.05, 0.1) is 12.4 Å². The third-order valence-corrected chi connectivity index (χ3v) is 4.09. The average molecular weight is 300 g/mol. The van der Waals surface area contributed by atoms with E-state index in [1.54, 1.807) is 37.4 Å². The Morgan fingerprint density at radius 2 is 2.05 bits per heavy atom. The first kappa shape index (κ1) is 15.2. The van der Waals surface area contributed by atoms with Crippen LogP contribution in [0.15, 0.2) is 0 Å². The molecule has 2 aliphatic rings. The zero-order valence-electron chi connectivity index (χ0n) is 12.0. The first-order valence-electron chi connectivity index (χ1n) is 6.66. The Hall–Kier alpha value is -1.24. The van der Waals surface area contributed by atoms with Gasteiger partial charge in [0.2, 0.25) is 5.91 Å². The Bertz CT molecular complexity index is 427. The van der Waals surface area contributed by atoms with Crippen molar-refractivity contribution < 1.29 is 19.1 Å². The zero-order valence-corrected chi connectivity index (χ0v) is 12.9. The average Bonchev–Trinajstić information content (AvgIpc) is 2.94. The van der Waals surface area contributed by atoms with Gasteiger partial charge in [0.1, 0.15) is 11.6 Å². The van der Waals surface area contributed by atoms with Crippen LogP contribution >= 0.6 is 11.8 Å². The van der Waals surface area contributed by atoms with E-state index in [9.17, 15) is 14.4 Å². The van der Waals surface area contributed by atoms with Gasteiger partial charge in [0.15, 0.2) is 5.78 Å². The first-order chi connectivity index (χ1) is 9.28. The van der Waals surface area contributed by atoms with Crippen molar-refractivity contribution in [1.82, 2.24) is 9.80 Å². The van der Waals surface area contributed by atoms with Gasteiger partial charge in [-0.3, -0.25) is 14.5 Å². The highest BCUT2D eigenvalue weighted by molar-refractivity contribution is 7.99. The molecule has 0 saturated carbocycles. The van der Waals surface area contributed by atoms with Crippen LogP contribution in [-0.2, 0) is 14.3 Å². The molecule has 0 spiro atoms. The molecular formula is C13H20N2O4S. The fourth-order valence-corrected chi connectivity index (χ4v) is 3.18. The molecule has 0 aromatic heterocycles. The van der Waals surface area contributed by atoms with Crippen LogP contribution in [0.3, 0.4) is 0 Å². The summed E-state index contributed by atoms with van der Waals surface area (Å²) in [4.78, 5) is 39.1. The van der Waals surface area contributed by atoms with Crippen LogP contribution in [0.25, 0.3) is 0 Å². The van der Waals surface area contributed by atoms with Crippen molar-refractivity contribution in [1.29, 1.82) is 0 Å². The van der Waals surface area contributed by atoms with Gasteiger partial charge < -0.3 is 9.64 Å². The fraction of sp³-hybridized carbons (Fsp3) is 0.769. The van der Waals surface area contributed by atoms with E-state index in [2.05, 4.69) is 0 Å². The van der Waals surface area contributed by atoms with Crippen LogP contribution in [-0.4, -0.2) is 63.9 Å². The van der Waals surface area contributed by atoms with E-state index in [1.165, 1.54) is 4.90 Å². The Morgan fingerprint density at radius 3 is 2.60 bits per heavy atom. The maximum Gasteiger partial charge on any atom is 0.411 e. The lowest BCUT2D eigenvalue weighted by Crippen LogP contribution is -2.48. The third-order valence-electron chi connectivity index (χ3n) is 3.12. The summed E-state index contributed by atoms with van der Waals surface area (Å²) in [5, 5.41) is 0. The molecule has 112 valence electrons. The van der Waals surface area contributed by atoms with Crippen molar-refractivity contribution in [2.45, 2.75) is 38.8 Å². The second kappa shape index (κ2) is 5.63. The van der Waals surface area contributed by atoms with Gasteiger partial charge >= 0.3 is 6.09 Å². The lowest BCUT2D eigenvalue weighted by Gasteiger charge is -2.29. The highest BCUT2D eigenvalue weighted by Gasteiger charge is 2.42. The van der Waals surface area contributed by atoms with E-state index in [-0.39, 0.29) is 24.7 Å². The molecular weight excluding hydrogens is 280 g/mol. The van der Waals surface area contributed by atoms with Crippen LogP contribution < -0.4 is 0 Å². The summed E-state index contributed by atoms with van der Waals surface area (Å²) < 4.78 is 5.27. The molecule has 0 aromatic carbocycles. The quantitative estimate of drug-likeness (QED) is 0.725. The van der Waals surface area contributed by atoms with E-state index in [4.69, 9.17) is 4.74 Å². The summed E-state index contributed by atoms with van der Waals surface area (Å²) in [5.41, 5.74) is -0.639. The number of likely N-dealkylation sites (tertiary alicyclic amines) is 1. The summed E-state index contributed by atoms with van der Waals surface area (Å²) in [6.07, 6.45) is -0.493. The molecule has 6 nitrogen and oxygen atoms in total. The van der Waals surface area contributed by atoms with Gasteiger partial charge in [0, 0.05) is 18.7 Å². The Morgan fingerprint density at radius 1 is 1.35 bits per heavy atom. The summed E-state index contributed by atoms with van der Waals surface area (Å²) >= 11 is 1.68. The Balaban J connectivity index is 2.08. The first-order valence-corrected chi connectivity index (χ1v) is 7.81. The van der Waals surface area contributed by atoms with Crippen molar-refractivity contribution >= 4 is 29.5 Å². The van der Waals surface area contributed by atoms with E-state index < -0.39 is 17.7 Å². The van der Waals surface area contributed by atoms with Crippen LogP contribution in [0.2, 0.25) is 0 Å². The van der Waals surface area contributed by atoms with Crippen LogP contribution in [0, 0.1) is 0 Å². The van der Waals surface area contributed by atoms with E-state index in [0.717, 1.165) is 5.75 Å². The molecule has 2 heterocycles. The minimum atomic E-state index is -0.698. The topological polar surface area (TPSA) is 66.9 Å². The second-order valence-corrected chi connectivity index (χ2v) is 7.08. The number of ketones is 1. The molecule has 2 saturated heterocycles. The lowest BCUT2D eigenvalue weighted by molar-refractivity contribution is -0.134.